The van der Waals surface area contributed by atoms with Crippen LogP contribution in [-0.2, 0) is 13.6 Å². The third-order valence-electron chi connectivity index (χ3n) is 5.39. The molecule has 2 aromatic carbocycles. The highest BCUT2D eigenvalue weighted by atomic mass is 15.2. The minimum absolute atomic E-state index is 0.508. The highest BCUT2D eigenvalue weighted by molar-refractivity contribution is 5.70. The van der Waals surface area contributed by atoms with Crippen LogP contribution in [0.4, 0.5) is 0 Å². The molecule has 0 saturated carbocycles. The molecule has 3 aromatic rings. The molecule has 1 saturated heterocycles. The molecule has 1 aliphatic rings. The summed E-state index contributed by atoms with van der Waals surface area (Å²) in [6.45, 7) is 2.12. The third-order valence-corrected chi connectivity index (χ3v) is 5.39. The molecule has 0 amide bonds. The maximum absolute atomic E-state index is 9.31. The third kappa shape index (κ3) is 3.16. The Hall–Kier alpha value is -2.83. The van der Waals surface area contributed by atoms with Crippen LogP contribution in [0.25, 0.3) is 11.1 Å². The highest BCUT2D eigenvalue weighted by Gasteiger charge is 2.27. The number of nitriles is 1. The first kappa shape index (κ1) is 16.6. The molecular formula is C23H23N3. The van der Waals surface area contributed by atoms with Gasteiger partial charge in [-0.2, -0.15) is 5.26 Å². The predicted molar refractivity (Wildman–Crippen MR) is 104 cm³/mol. The van der Waals surface area contributed by atoms with Crippen molar-refractivity contribution >= 4 is 0 Å². The average molecular weight is 341 g/mol. The summed E-state index contributed by atoms with van der Waals surface area (Å²) in [5.74, 6) is 0. The van der Waals surface area contributed by atoms with Crippen molar-refractivity contribution in [3.05, 3.63) is 83.7 Å². The topological polar surface area (TPSA) is 32.0 Å². The van der Waals surface area contributed by atoms with Crippen LogP contribution in [-0.4, -0.2) is 16.0 Å². The van der Waals surface area contributed by atoms with Crippen molar-refractivity contribution in [2.75, 3.05) is 6.54 Å². The van der Waals surface area contributed by atoms with E-state index in [0.29, 0.717) is 6.04 Å². The maximum atomic E-state index is 9.31. The summed E-state index contributed by atoms with van der Waals surface area (Å²) in [6, 6.07) is 23.6. The largest absolute Gasteiger partial charge is 0.353 e. The standard InChI is InChI=1S/C23H23N3/c1-25-14-4-8-22(25)23-9-5-15-26(23)17-18-10-12-19(13-11-18)21-7-3-2-6-20(21)16-24/h2-4,6-8,10-14,23H,5,9,15,17H2,1H3/t23-/m0/s1. The van der Waals surface area contributed by atoms with E-state index < -0.39 is 0 Å². The van der Waals surface area contributed by atoms with E-state index >= 15 is 0 Å². The van der Waals surface area contributed by atoms with E-state index in [4.69, 9.17) is 0 Å². The molecule has 2 heterocycles. The first-order valence-corrected chi connectivity index (χ1v) is 9.20. The Morgan fingerprint density at radius 1 is 1.04 bits per heavy atom. The number of rotatable bonds is 4. The number of benzene rings is 2. The summed E-state index contributed by atoms with van der Waals surface area (Å²) in [5.41, 5.74) is 5.56. The molecule has 1 aromatic heterocycles. The summed E-state index contributed by atoms with van der Waals surface area (Å²) in [4.78, 5) is 2.58. The lowest BCUT2D eigenvalue weighted by molar-refractivity contribution is 0.241. The summed E-state index contributed by atoms with van der Waals surface area (Å²) in [6.07, 6.45) is 4.61. The molecule has 0 N–H and O–H groups in total. The van der Waals surface area contributed by atoms with Gasteiger partial charge < -0.3 is 4.57 Å². The van der Waals surface area contributed by atoms with Gasteiger partial charge in [-0.1, -0.05) is 42.5 Å². The van der Waals surface area contributed by atoms with Crippen LogP contribution in [0.5, 0.6) is 0 Å². The molecule has 0 radical (unpaired) electrons. The summed E-state index contributed by atoms with van der Waals surface area (Å²) in [7, 11) is 2.13. The Kier molecular flexibility index (Phi) is 4.60. The van der Waals surface area contributed by atoms with E-state index in [0.717, 1.165) is 29.8 Å². The number of hydrogen-bond donors (Lipinski definition) is 0. The van der Waals surface area contributed by atoms with Gasteiger partial charge >= 0.3 is 0 Å². The van der Waals surface area contributed by atoms with Gasteiger partial charge in [-0.05, 0) is 54.3 Å². The Balaban J connectivity index is 1.53. The fourth-order valence-corrected chi connectivity index (χ4v) is 4.03. The van der Waals surface area contributed by atoms with Crippen LogP contribution < -0.4 is 0 Å². The number of nitrogens with zero attached hydrogens (tertiary/aromatic N) is 3. The lowest BCUT2D eigenvalue weighted by atomic mass is 9.99. The summed E-state index contributed by atoms with van der Waals surface area (Å²) >= 11 is 0. The zero-order valence-corrected chi connectivity index (χ0v) is 15.1. The molecule has 0 aliphatic carbocycles. The Labute approximate surface area is 155 Å². The molecule has 0 bridgehead atoms. The molecule has 130 valence electrons. The van der Waals surface area contributed by atoms with E-state index in [1.54, 1.807) is 0 Å². The van der Waals surface area contributed by atoms with Gasteiger partial charge in [-0.3, -0.25) is 4.90 Å². The number of likely N-dealkylation sites (tertiary alicyclic amines) is 1. The minimum atomic E-state index is 0.508. The molecule has 0 unspecified atom stereocenters. The second kappa shape index (κ2) is 7.19. The highest BCUT2D eigenvalue weighted by Crippen LogP contribution is 2.33. The fourth-order valence-electron chi connectivity index (χ4n) is 4.03. The van der Waals surface area contributed by atoms with Gasteiger partial charge in [0.2, 0.25) is 0 Å². The Morgan fingerprint density at radius 3 is 2.58 bits per heavy atom. The summed E-state index contributed by atoms with van der Waals surface area (Å²) < 4.78 is 2.24. The average Bonchev–Trinajstić information content (AvgIpc) is 3.30. The summed E-state index contributed by atoms with van der Waals surface area (Å²) in [5, 5.41) is 9.31. The molecule has 3 heteroatoms. The van der Waals surface area contributed by atoms with E-state index in [1.165, 1.54) is 24.1 Å². The van der Waals surface area contributed by atoms with Crippen molar-refractivity contribution in [3.8, 4) is 17.2 Å². The molecule has 26 heavy (non-hydrogen) atoms. The van der Waals surface area contributed by atoms with Gasteiger partial charge in [0, 0.05) is 25.5 Å². The van der Waals surface area contributed by atoms with E-state index in [-0.39, 0.29) is 0 Å². The molecule has 0 spiro atoms. The number of aryl methyl sites for hydroxylation is 1. The van der Waals surface area contributed by atoms with Gasteiger partial charge in [0.05, 0.1) is 17.7 Å². The monoisotopic (exact) mass is 341 g/mol. The second-order valence-corrected chi connectivity index (χ2v) is 7.03. The molecule has 1 fully saturated rings. The van der Waals surface area contributed by atoms with Crippen molar-refractivity contribution < 1.29 is 0 Å². The lowest BCUT2D eigenvalue weighted by Crippen LogP contribution is -2.24. The quantitative estimate of drug-likeness (QED) is 0.676. The van der Waals surface area contributed by atoms with Crippen molar-refractivity contribution in [2.45, 2.75) is 25.4 Å². The second-order valence-electron chi connectivity index (χ2n) is 7.03. The SMILES string of the molecule is Cn1cccc1[C@@H]1CCCN1Cc1ccc(-c2ccccc2C#N)cc1. The zero-order valence-electron chi connectivity index (χ0n) is 15.1. The smallest absolute Gasteiger partial charge is 0.0998 e. The molecule has 4 rings (SSSR count). The molecule has 1 aliphatic heterocycles. The van der Waals surface area contributed by atoms with Crippen LogP contribution in [0.3, 0.4) is 0 Å². The van der Waals surface area contributed by atoms with Crippen molar-refractivity contribution in [1.82, 2.24) is 9.47 Å². The van der Waals surface area contributed by atoms with E-state index in [1.807, 2.05) is 24.3 Å². The maximum Gasteiger partial charge on any atom is 0.0998 e. The van der Waals surface area contributed by atoms with Crippen molar-refractivity contribution in [2.24, 2.45) is 7.05 Å². The number of aromatic nitrogens is 1. The van der Waals surface area contributed by atoms with Crippen LogP contribution in [0.15, 0.2) is 66.9 Å². The van der Waals surface area contributed by atoms with E-state index in [9.17, 15) is 5.26 Å². The van der Waals surface area contributed by atoms with Gasteiger partial charge in [0.15, 0.2) is 0 Å². The van der Waals surface area contributed by atoms with Gasteiger partial charge in [0.1, 0.15) is 0 Å². The van der Waals surface area contributed by atoms with Gasteiger partial charge in [-0.25, -0.2) is 0 Å². The first-order valence-electron chi connectivity index (χ1n) is 9.20. The normalized spacial score (nSPS) is 17.3. The Bertz CT molecular complexity index is 931. The zero-order chi connectivity index (χ0) is 17.9. The van der Waals surface area contributed by atoms with Crippen LogP contribution in [0, 0.1) is 11.3 Å². The van der Waals surface area contributed by atoms with Gasteiger partial charge in [-0.15, -0.1) is 0 Å². The number of hydrogen-bond acceptors (Lipinski definition) is 2. The predicted octanol–water partition coefficient (Wildman–Crippen LogP) is 4.90. The van der Waals surface area contributed by atoms with Crippen molar-refractivity contribution in [3.63, 3.8) is 0 Å². The molecule has 3 nitrogen and oxygen atoms in total. The molecule has 1 atom stereocenters. The Morgan fingerprint density at radius 2 is 1.85 bits per heavy atom. The fraction of sp³-hybridized carbons (Fsp3) is 0.261. The van der Waals surface area contributed by atoms with Crippen LogP contribution in [0.1, 0.15) is 35.7 Å². The lowest BCUT2D eigenvalue weighted by Gasteiger charge is -2.25. The van der Waals surface area contributed by atoms with Gasteiger partial charge in [0.25, 0.3) is 0 Å². The molecular weight excluding hydrogens is 318 g/mol. The van der Waals surface area contributed by atoms with Crippen LogP contribution in [0.2, 0.25) is 0 Å². The van der Waals surface area contributed by atoms with E-state index in [2.05, 4.69) is 65.2 Å². The minimum Gasteiger partial charge on any atom is -0.353 e. The van der Waals surface area contributed by atoms with Crippen molar-refractivity contribution in [1.29, 1.82) is 5.26 Å². The first-order chi connectivity index (χ1) is 12.8. The van der Waals surface area contributed by atoms with Crippen LogP contribution >= 0.6 is 0 Å².